The summed E-state index contributed by atoms with van der Waals surface area (Å²) >= 11 is 0. The second kappa shape index (κ2) is 14.7. The van der Waals surface area contributed by atoms with Crippen LogP contribution in [0.25, 0.3) is 55.7 Å². The van der Waals surface area contributed by atoms with Crippen LogP contribution in [0.2, 0.25) is 0 Å². The molecule has 5 aromatic carbocycles. The fourth-order valence-electron chi connectivity index (χ4n) is 5.26. The summed E-state index contributed by atoms with van der Waals surface area (Å²) in [4.78, 5) is 9.11. The molecular weight excluding hydrogens is 763 g/mol. The molecule has 0 atom stereocenters. The maximum atomic E-state index is 13.7. The Labute approximate surface area is 288 Å². The molecule has 7 aromatic rings. The number of halogens is 2. The fraction of sp³-hybridized carbons (Fsp3) is 0.0952. The molecule has 2 nitrogen and oxygen atoms in total. The molecule has 0 bridgehead atoms. The van der Waals surface area contributed by atoms with Gasteiger partial charge in [-0.15, -0.1) is 48.0 Å². The largest absolute Gasteiger partial charge is 0.305 e. The van der Waals surface area contributed by atoms with Crippen LogP contribution in [0.5, 0.6) is 0 Å². The molecule has 5 heteroatoms. The van der Waals surface area contributed by atoms with Crippen LogP contribution in [-0.4, -0.2) is 9.97 Å². The third-order valence-electron chi connectivity index (χ3n) is 7.73. The zero-order valence-corrected chi connectivity index (χ0v) is 28.7. The van der Waals surface area contributed by atoms with Crippen molar-refractivity contribution < 1.29 is 28.9 Å². The molecule has 2 heterocycles. The molecule has 0 fully saturated rings. The van der Waals surface area contributed by atoms with Crippen molar-refractivity contribution >= 4 is 10.9 Å². The Morgan fingerprint density at radius 2 is 1.34 bits per heavy atom. The van der Waals surface area contributed by atoms with Crippen LogP contribution in [0.4, 0.5) is 8.78 Å². The van der Waals surface area contributed by atoms with Crippen molar-refractivity contribution in [2.75, 3.05) is 0 Å². The molecule has 2 aromatic heterocycles. The van der Waals surface area contributed by atoms with Crippen LogP contribution in [0.1, 0.15) is 26.3 Å². The van der Waals surface area contributed by atoms with Gasteiger partial charge in [0.1, 0.15) is 0 Å². The van der Waals surface area contributed by atoms with Crippen LogP contribution < -0.4 is 0 Å². The van der Waals surface area contributed by atoms with E-state index in [1.165, 1.54) is 22.3 Å². The van der Waals surface area contributed by atoms with Crippen molar-refractivity contribution in [3.63, 3.8) is 0 Å². The van der Waals surface area contributed by atoms with E-state index in [1.54, 1.807) is 6.20 Å². The number of nitrogens with zero attached hydrogens (tertiary/aromatic N) is 2. The fourth-order valence-corrected chi connectivity index (χ4v) is 5.26. The van der Waals surface area contributed by atoms with Gasteiger partial charge in [0, 0.05) is 43.3 Å². The third-order valence-corrected chi connectivity index (χ3v) is 7.73. The summed E-state index contributed by atoms with van der Waals surface area (Å²) < 4.78 is 26.5. The Hall–Kier alpha value is -4.83. The minimum absolute atomic E-state index is 0. The van der Waals surface area contributed by atoms with Gasteiger partial charge >= 0.3 is 0 Å². The van der Waals surface area contributed by atoms with Gasteiger partial charge < -0.3 is 4.98 Å². The van der Waals surface area contributed by atoms with Gasteiger partial charge in [0.2, 0.25) is 0 Å². The second-order valence-corrected chi connectivity index (χ2v) is 12.0. The molecule has 0 N–H and O–H groups in total. The van der Waals surface area contributed by atoms with E-state index >= 15 is 0 Å². The van der Waals surface area contributed by atoms with E-state index in [1.807, 2.05) is 42.5 Å². The maximum Gasteiger partial charge on any atom is 0.0607 e. The van der Waals surface area contributed by atoms with Gasteiger partial charge in [0.05, 0.1) is 5.52 Å². The van der Waals surface area contributed by atoms with Gasteiger partial charge in [0.25, 0.3) is 0 Å². The number of rotatable bonds is 4. The van der Waals surface area contributed by atoms with Gasteiger partial charge in [-0.25, -0.2) is 0 Å². The van der Waals surface area contributed by atoms with E-state index in [9.17, 15) is 8.78 Å². The summed E-state index contributed by atoms with van der Waals surface area (Å²) in [6.07, 6.45) is 1.63. The number of hydrogen-bond acceptors (Lipinski definition) is 2. The molecule has 0 aliphatic heterocycles. The first-order valence-electron chi connectivity index (χ1n) is 15.1. The first kappa shape index (κ1) is 33.5. The Bertz CT molecular complexity index is 2090. The van der Waals surface area contributed by atoms with Gasteiger partial charge in [0.15, 0.2) is 0 Å². The van der Waals surface area contributed by atoms with E-state index in [4.69, 9.17) is 4.98 Å². The standard InChI is InChI=1S/C27H18N.C15H14F2N.Ir/c1-4-10-20(11-5-1)23-16-17-24-25(21-12-6-2-7-13-21)19-26(28-27(24)18-23)22-14-8-3-9-15-22;1-15(2,3)10-6-7-18-14(8-10)12-5-4-11(16)9-13(12)17;/h1-14,16-19H;4,6-9H,1-3H3;/q2*-1;. The Morgan fingerprint density at radius 3 is 2.00 bits per heavy atom. The van der Waals surface area contributed by atoms with Gasteiger partial charge in [-0.3, -0.25) is 13.8 Å². The number of hydrogen-bond donors (Lipinski definition) is 0. The zero-order valence-electron chi connectivity index (χ0n) is 26.3. The molecule has 235 valence electrons. The van der Waals surface area contributed by atoms with E-state index in [-0.39, 0.29) is 31.1 Å². The van der Waals surface area contributed by atoms with Crippen molar-refractivity contribution in [1.82, 2.24) is 9.97 Å². The number of fused-ring (bicyclic) bond motifs is 1. The van der Waals surface area contributed by atoms with Crippen LogP contribution in [0.3, 0.4) is 0 Å². The molecule has 0 aliphatic carbocycles. The van der Waals surface area contributed by atoms with Gasteiger partial charge in [-0.05, 0) is 56.8 Å². The van der Waals surface area contributed by atoms with Crippen molar-refractivity contribution in [3.05, 3.63) is 169 Å². The number of aromatic nitrogens is 2. The predicted molar refractivity (Wildman–Crippen MR) is 184 cm³/mol. The minimum Gasteiger partial charge on any atom is -0.305 e. The molecule has 0 spiro atoms. The Kier molecular flexibility index (Phi) is 10.5. The molecule has 0 saturated heterocycles. The molecule has 0 amide bonds. The van der Waals surface area contributed by atoms with Crippen molar-refractivity contribution in [1.29, 1.82) is 0 Å². The average Bonchev–Trinajstić information content (AvgIpc) is 3.09. The first-order valence-corrected chi connectivity index (χ1v) is 15.1. The molecule has 1 radical (unpaired) electrons. The maximum absolute atomic E-state index is 13.7. The molecular formula is C42H32F2IrN2-2. The third kappa shape index (κ3) is 7.94. The van der Waals surface area contributed by atoms with E-state index in [2.05, 4.69) is 117 Å². The quantitative estimate of drug-likeness (QED) is 0.166. The van der Waals surface area contributed by atoms with E-state index in [0.717, 1.165) is 39.9 Å². The van der Waals surface area contributed by atoms with E-state index in [0.29, 0.717) is 5.69 Å². The SMILES string of the molecule is CC(C)(C)c1ccnc(-c2[c-]cc(F)cc2F)c1.[Ir].[c-]1ccccc1-c1cc(-c2ccccc2)c2ccc(-c3ccccc3)cc2n1. The van der Waals surface area contributed by atoms with Crippen LogP contribution >= 0.6 is 0 Å². The Morgan fingerprint density at radius 1 is 0.638 bits per heavy atom. The minimum atomic E-state index is -0.645. The van der Waals surface area contributed by atoms with Crippen molar-refractivity contribution in [3.8, 4) is 44.8 Å². The van der Waals surface area contributed by atoms with Crippen LogP contribution in [0, 0.1) is 23.8 Å². The molecule has 0 aliphatic rings. The zero-order chi connectivity index (χ0) is 32.1. The summed E-state index contributed by atoms with van der Waals surface area (Å²) in [6, 6.07) is 49.2. The van der Waals surface area contributed by atoms with Gasteiger partial charge in [-0.2, -0.15) is 0 Å². The van der Waals surface area contributed by atoms with Crippen molar-refractivity contribution in [2.24, 2.45) is 0 Å². The van der Waals surface area contributed by atoms with Crippen LogP contribution in [0.15, 0.2) is 140 Å². The Balaban J connectivity index is 0.000000199. The summed E-state index contributed by atoms with van der Waals surface area (Å²) in [7, 11) is 0. The summed E-state index contributed by atoms with van der Waals surface area (Å²) in [5.74, 6) is -1.28. The number of benzene rings is 5. The predicted octanol–water partition coefficient (Wildman–Crippen LogP) is 11.2. The summed E-state index contributed by atoms with van der Waals surface area (Å²) in [5, 5.41) is 1.16. The average molecular weight is 795 g/mol. The topological polar surface area (TPSA) is 25.8 Å². The summed E-state index contributed by atoms with van der Waals surface area (Å²) in [5.41, 5.74) is 9.37. The number of pyridine rings is 2. The monoisotopic (exact) mass is 795 g/mol. The van der Waals surface area contributed by atoms with Crippen LogP contribution in [-0.2, 0) is 25.5 Å². The summed E-state index contributed by atoms with van der Waals surface area (Å²) in [6.45, 7) is 6.20. The van der Waals surface area contributed by atoms with Gasteiger partial charge in [-0.1, -0.05) is 117 Å². The first-order chi connectivity index (χ1) is 22.3. The molecule has 7 rings (SSSR count). The second-order valence-electron chi connectivity index (χ2n) is 12.0. The smallest absolute Gasteiger partial charge is 0.0607 e. The molecule has 0 unspecified atom stereocenters. The molecule has 47 heavy (non-hydrogen) atoms. The molecule has 0 saturated carbocycles. The van der Waals surface area contributed by atoms with Crippen molar-refractivity contribution in [2.45, 2.75) is 26.2 Å². The normalized spacial score (nSPS) is 10.9. The van der Waals surface area contributed by atoms with E-state index < -0.39 is 11.6 Å².